The quantitative estimate of drug-likeness (QED) is 0.886. The van der Waals surface area contributed by atoms with E-state index in [-0.39, 0.29) is 18.8 Å². The number of rotatable bonds is 4. The molecule has 1 aliphatic heterocycles. The molecule has 0 atom stereocenters. The van der Waals surface area contributed by atoms with Gasteiger partial charge in [-0.15, -0.1) is 0 Å². The highest BCUT2D eigenvalue weighted by atomic mass is 32.2. The normalized spacial score (nSPS) is 18.6. The Bertz CT molecular complexity index is 613. The monoisotopic (exact) mass is 280 g/mol. The van der Waals surface area contributed by atoms with Gasteiger partial charge in [-0.05, 0) is 18.1 Å². The number of aliphatic hydroxyl groups is 1. The Hall–Kier alpha value is -1.42. The topological polar surface area (TPSA) is 81.4 Å². The van der Waals surface area contributed by atoms with E-state index in [4.69, 9.17) is 5.26 Å². The van der Waals surface area contributed by atoms with Crippen molar-refractivity contribution in [1.29, 1.82) is 5.26 Å². The molecule has 0 bridgehead atoms. The summed E-state index contributed by atoms with van der Waals surface area (Å²) in [6.07, 6.45) is 0.536. The van der Waals surface area contributed by atoms with Gasteiger partial charge in [0.05, 0.1) is 23.0 Å². The van der Waals surface area contributed by atoms with Gasteiger partial charge in [-0.3, -0.25) is 0 Å². The van der Waals surface area contributed by atoms with E-state index in [1.54, 1.807) is 24.3 Å². The molecular formula is C13H16N2O3S. The summed E-state index contributed by atoms with van der Waals surface area (Å²) in [6.45, 7) is 2.11. The average Bonchev–Trinajstić information content (AvgIpc) is 2.35. The maximum atomic E-state index is 12.2. The molecule has 1 heterocycles. The molecule has 6 heteroatoms. The molecule has 5 nitrogen and oxygen atoms in total. The number of nitriles is 1. The fourth-order valence-electron chi connectivity index (χ4n) is 2.07. The molecule has 1 aliphatic rings. The molecule has 0 aliphatic carbocycles. The van der Waals surface area contributed by atoms with Crippen LogP contribution in [0.4, 0.5) is 0 Å². The molecule has 1 aromatic rings. The summed E-state index contributed by atoms with van der Waals surface area (Å²) in [5.74, 6) is -0.198. The molecule has 1 saturated heterocycles. The maximum absolute atomic E-state index is 12.2. The van der Waals surface area contributed by atoms with Gasteiger partial charge in [-0.2, -0.15) is 9.57 Å². The Morgan fingerprint density at radius 3 is 2.63 bits per heavy atom. The summed E-state index contributed by atoms with van der Waals surface area (Å²) < 4.78 is 25.6. The third kappa shape index (κ3) is 2.78. The van der Waals surface area contributed by atoms with Gasteiger partial charge < -0.3 is 5.11 Å². The van der Waals surface area contributed by atoms with Crippen molar-refractivity contribution in [3.05, 3.63) is 35.4 Å². The van der Waals surface area contributed by atoms with E-state index in [0.29, 0.717) is 17.5 Å². The van der Waals surface area contributed by atoms with E-state index in [1.807, 2.05) is 13.0 Å². The predicted molar refractivity (Wildman–Crippen MR) is 70.6 cm³/mol. The molecule has 2 rings (SSSR count). The first-order valence-corrected chi connectivity index (χ1v) is 7.69. The second kappa shape index (κ2) is 4.93. The van der Waals surface area contributed by atoms with Crippen LogP contribution in [0, 0.1) is 11.3 Å². The van der Waals surface area contributed by atoms with E-state index < -0.39 is 15.6 Å². The number of hydrogen-bond acceptors (Lipinski definition) is 4. The minimum atomic E-state index is -3.47. The minimum absolute atomic E-state index is 0.139. The van der Waals surface area contributed by atoms with Gasteiger partial charge in [0.1, 0.15) is 0 Å². The van der Waals surface area contributed by atoms with E-state index in [0.717, 1.165) is 0 Å². The van der Waals surface area contributed by atoms with Gasteiger partial charge >= 0.3 is 0 Å². The molecule has 0 unspecified atom stereocenters. The SMILES string of the molecule is CCC1(O)CN(S(=O)(=O)Cc2ccccc2C#N)C1. The Morgan fingerprint density at radius 1 is 1.42 bits per heavy atom. The second-order valence-corrected chi connectivity index (χ2v) is 6.84. The molecular weight excluding hydrogens is 264 g/mol. The van der Waals surface area contributed by atoms with Crippen LogP contribution in [-0.2, 0) is 15.8 Å². The second-order valence-electron chi connectivity index (χ2n) is 4.87. The molecule has 0 amide bonds. The summed E-state index contributed by atoms with van der Waals surface area (Å²) in [5, 5.41) is 18.8. The first-order valence-electron chi connectivity index (χ1n) is 6.08. The molecule has 102 valence electrons. The van der Waals surface area contributed by atoms with E-state index in [9.17, 15) is 13.5 Å². The Balaban J connectivity index is 2.13. The molecule has 1 N–H and O–H groups in total. The number of nitrogens with zero attached hydrogens (tertiary/aromatic N) is 2. The van der Waals surface area contributed by atoms with Crippen molar-refractivity contribution in [3.63, 3.8) is 0 Å². The fraction of sp³-hybridized carbons (Fsp3) is 0.462. The smallest absolute Gasteiger partial charge is 0.218 e. The number of hydrogen-bond donors (Lipinski definition) is 1. The Morgan fingerprint density at radius 2 is 2.05 bits per heavy atom. The average molecular weight is 280 g/mol. The third-order valence-corrected chi connectivity index (χ3v) is 5.19. The molecule has 0 saturated carbocycles. The largest absolute Gasteiger partial charge is 0.387 e. The van der Waals surface area contributed by atoms with Crippen LogP contribution in [0.1, 0.15) is 24.5 Å². The van der Waals surface area contributed by atoms with E-state index >= 15 is 0 Å². The Kier molecular flexibility index (Phi) is 3.63. The molecule has 1 fully saturated rings. The highest BCUT2D eigenvalue weighted by Gasteiger charge is 2.45. The number of benzene rings is 1. The third-order valence-electron chi connectivity index (χ3n) is 3.47. The van der Waals surface area contributed by atoms with E-state index in [1.165, 1.54) is 4.31 Å². The minimum Gasteiger partial charge on any atom is -0.387 e. The fourth-order valence-corrected chi connectivity index (χ4v) is 3.77. The van der Waals surface area contributed by atoms with Crippen LogP contribution in [0.2, 0.25) is 0 Å². The lowest BCUT2D eigenvalue weighted by molar-refractivity contribution is -0.0614. The first-order chi connectivity index (χ1) is 8.90. The summed E-state index contributed by atoms with van der Waals surface area (Å²) >= 11 is 0. The zero-order valence-electron chi connectivity index (χ0n) is 10.7. The van der Waals surface area contributed by atoms with Crippen molar-refractivity contribution in [3.8, 4) is 6.07 Å². The molecule has 0 spiro atoms. The highest BCUT2D eigenvalue weighted by molar-refractivity contribution is 7.88. The Labute approximate surface area is 113 Å². The van der Waals surface area contributed by atoms with Crippen LogP contribution >= 0.6 is 0 Å². The highest BCUT2D eigenvalue weighted by Crippen LogP contribution is 2.28. The summed E-state index contributed by atoms with van der Waals surface area (Å²) in [7, 11) is -3.47. The van der Waals surface area contributed by atoms with Crippen LogP contribution in [-0.4, -0.2) is 36.5 Å². The van der Waals surface area contributed by atoms with Crippen LogP contribution in [0.3, 0.4) is 0 Å². The molecule has 19 heavy (non-hydrogen) atoms. The molecule has 0 aromatic heterocycles. The van der Waals surface area contributed by atoms with Crippen molar-refractivity contribution in [2.45, 2.75) is 24.7 Å². The van der Waals surface area contributed by atoms with E-state index in [2.05, 4.69) is 0 Å². The summed E-state index contributed by atoms with van der Waals surface area (Å²) in [5.41, 5.74) is -0.0174. The summed E-state index contributed by atoms with van der Waals surface area (Å²) in [4.78, 5) is 0. The maximum Gasteiger partial charge on any atom is 0.218 e. The van der Waals surface area contributed by atoms with Crippen molar-refractivity contribution >= 4 is 10.0 Å². The van der Waals surface area contributed by atoms with Gasteiger partial charge in [0, 0.05) is 13.1 Å². The van der Waals surface area contributed by atoms with Crippen molar-refractivity contribution in [2.24, 2.45) is 0 Å². The van der Waals surface area contributed by atoms with Gasteiger partial charge in [0.25, 0.3) is 0 Å². The van der Waals surface area contributed by atoms with Crippen molar-refractivity contribution in [1.82, 2.24) is 4.31 Å². The van der Waals surface area contributed by atoms with Crippen LogP contribution < -0.4 is 0 Å². The van der Waals surface area contributed by atoms with Gasteiger partial charge in [0.15, 0.2) is 0 Å². The zero-order chi connectivity index (χ0) is 14.1. The van der Waals surface area contributed by atoms with Crippen LogP contribution in [0.25, 0.3) is 0 Å². The lowest BCUT2D eigenvalue weighted by atomic mass is 9.94. The molecule has 0 radical (unpaired) electrons. The van der Waals surface area contributed by atoms with Gasteiger partial charge in [-0.1, -0.05) is 25.1 Å². The van der Waals surface area contributed by atoms with Crippen LogP contribution in [0.5, 0.6) is 0 Å². The number of β-amino-alcohol motifs (C(OH)–C–C–N with tert-alkyl or cyclic N) is 1. The van der Waals surface area contributed by atoms with Crippen molar-refractivity contribution in [2.75, 3.05) is 13.1 Å². The van der Waals surface area contributed by atoms with Gasteiger partial charge in [0.2, 0.25) is 10.0 Å². The predicted octanol–water partition coefficient (Wildman–Crippen LogP) is 0.845. The zero-order valence-corrected chi connectivity index (χ0v) is 11.5. The summed E-state index contributed by atoms with van der Waals surface area (Å²) in [6, 6.07) is 8.64. The van der Waals surface area contributed by atoms with Gasteiger partial charge in [-0.25, -0.2) is 8.42 Å². The number of sulfonamides is 1. The first kappa shape index (κ1) is 14.0. The van der Waals surface area contributed by atoms with Crippen molar-refractivity contribution < 1.29 is 13.5 Å². The lowest BCUT2D eigenvalue weighted by Crippen LogP contribution is -2.63. The standard InChI is InChI=1S/C13H16N2O3S/c1-2-13(16)9-15(10-13)19(17,18)8-12-6-4-3-5-11(12)7-14/h3-6,16H,2,8-10H2,1H3. The molecule has 1 aromatic carbocycles. The lowest BCUT2D eigenvalue weighted by Gasteiger charge is -2.44. The van der Waals surface area contributed by atoms with Crippen LogP contribution in [0.15, 0.2) is 24.3 Å².